The van der Waals surface area contributed by atoms with E-state index in [1.165, 1.54) is 0 Å². The van der Waals surface area contributed by atoms with Crippen LogP contribution in [0.4, 0.5) is 0 Å². The number of ketones is 1. The first-order valence-corrected chi connectivity index (χ1v) is 6.68. The molecule has 0 N–H and O–H groups in total. The third kappa shape index (κ3) is 2.65. The molecule has 0 bridgehead atoms. The fourth-order valence-corrected chi connectivity index (χ4v) is 2.37. The van der Waals surface area contributed by atoms with Crippen LogP contribution in [-0.2, 0) is 6.54 Å². The zero-order valence-electron chi connectivity index (χ0n) is 11.4. The van der Waals surface area contributed by atoms with Gasteiger partial charge < -0.3 is 0 Å². The predicted molar refractivity (Wildman–Crippen MR) is 79.6 cm³/mol. The van der Waals surface area contributed by atoms with E-state index in [0.29, 0.717) is 11.1 Å². The summed E-state index contributed by atoms with van der Waals surface area (Å²) in [4.78, 5) is 12.2. The maximum absolute atomic E-state index is 12.2. The lowest BCUT2D eigenvalue weighted by molar-refractivity contribution is -0.682. The molecule has 3 nitrogen and oxygen atoms in total. The van der Waals surface area contributed by atoms with E-state index in [-0.39, 0.29) is 12.3 Å². The molecule has 3 heteroatoms. The molecule has 3 rings (SSSR count). The van der Waals surface area contributed by atoms with Crippen LogP contribution in [0.25, 0.3) is 10.8 Å². The van der Waals surface area contributed by atoms with Crippen LogP contribution in [0.5, 0.6) is 0 Å². The van der Waals surface area contributed by atoms with Crippen molar-refractivity contribution in [3.8, 4) is 6.07 Å². The molecule has 0 saturated heterocycles. The van der Waals surface area contributed by atoms with Crippen LogP contribution >= 0.6 is 0 Å². The SMILES string of the molecule is N#Cc1c[n+](CC(=O)c2ccccc2)cc2ccccc12. The van der Waals surface area contributed by atoms with E-state index in [4.69, 9.17) is 0 Å². The fraction of sp³-hybridized carbons (Fsp3) is 0.0556. The molecule has 2 aromatic carbocycles. The third-order valence-electron chi connectivity index (χ3n) is 3.39. The number of rotatable bonds is 3. The molecule has 1 heterocycles. The van der Waals surface area contributed by atoms with Gasteiger partial charge in [-0.25, -0.2) is 0 Å². The smallest absolute Gasteiger partial charge is 0.227 e. The van der Waals surface area contributed by atoms with Crippen molar-refractivity contribution < 1.29 is 9.36 Å². The van der Waals surface area contributed by atoms with Gasteiger partial charge in [-0.3, -0.25) is 4.79 Å². The van der Waals surface area contributed by atoms with Gasteiger partial charge in [0.25, 0.3) is 0 Å². The lowest BCUT2D eigenvalue weighted by Gasteiger charge is -2.01. The molecule has 0 unspecified atom stereocenters. The minimum atomic E-state index is 0.0276. The van der Waals surface area contributed by atoms with Crippen LogP contribution in [0.15, 0.2) is 67.0 Å². The van der Waals surface area contributed by atoms with E-state index in [1.54, 1.807) is 22.9 Å². The van der Waals surface area contributed by atoms with Crippen molar-refractivity contribution >= 4 is 16.6 Å². The summed E-state index contributed by atoms with van der Waals surface area (Å²) in [6, 6.07) is 19.1. The van der Waals surface area contributed by atoms with Crippen LogP contribution in [-0.4, -0.2) is 5.78 Å². The van der Waals surface area contributed by atoms with Gasteiger partial charge in [0, 0.05) is 16.3 Å². The van der Waals surface area contributed by atoms with E-state index < -0.39 is 0 Å². The van der Waals surface area contributed by atoms with Crippen molar-refractivity contribution in [3.63, 3.8) is 0 Å². The highest BCUT2D eigenvalue weighted by Gasteiger charge is 2.14. The van der Waals surface area contributed by atoms with Crippen LogP contribution in [0.2, 0.25) is 0 Å². The van der Waals surface area contributed by atoms with Gasteiger partial charge in [0.2, 0.25) is 12.3 Å². The summed E-state index contributed by atoms with van der Waals surface area (Å²) < 4.78 is 1.77. The molecular weight excluding hydrogens is 260 g/mol. The molecule has 0 atom stereocenters. The Hall–Kier alpha value is -2.99. The van der Waals surface area contributed by atoms with E-state index in [2.05, 4.69) is 6.07 Å². The van der Waals surface area contributed by atoms with Crippen LogP contribution < -0.4 is 4.57 Å². The van der Waals surface area contributed by atoms with E-state index in [9.17, 15) is 10.1 Å². The van der Waals surface area contributed by atoms with Crippen LogP contribution in [0.3, 0.4) is 0 Å². The molecular formula is C18H13N2O+. The number of fused-ring (bicyclic) bond motifs is 1. The number of nitrogens with zero attached hydrogens (tertiary/aromatic N) is 2. The van der Waals surface area contributed by atoms with E-state index >= 15 is 0 Å². The highest BCUT2D eigenvalue weighted by molar-refractivity contribution is 5.95. The van der Waals surface area contributed by atoms with Gasteiger partial charge >= 0.3 is 0 Å². The van der Waals surface area contributed by atoms with Gasteiger partial charge in [-0.2, -0.15) is 9.83 Å². The number of hydrogen-bond donors (Lipinski definition) is 0. The van der Waals surface area contributed by atoms with E-state index in [1.807, 2.05) is 48.7 Å². The molecule has 0 aliphatic carbocycles. The first-order chi connectivity index (χ1) is 10.3. The summed E-state index contributed by atoms with van der Waals surface area (Å²) in [5.74, 6) is 0.0276. The van der Waals surface area contributed by atoms with Crippen molar-refractivity contribution in [2.45, 2.75) is 6.54 Å². The Labute approximate surface area is 122 Å². The molecule has 0 radical (unpaired) electrons. The monoisotopic (exact) mass is 273 g/mol. The second kappa shape index (κ2) is 5.56. The Morgan fingerprint density at radius 3 is 2.48 bits per heavy atom. The van der Waals surface area contributed by atoms with Crippen molar-refractivity contribution in [2.24, 2.45) is 0 Å². The van der Waals surface area contributed by atoms with Crippen LogP contribution in [0, 0.1) is 11.3 Å². The quantitative estimate of drug-likeness (QED) is 0.544. The molecule has 21 heavy (non-hydrogen) atoms. The average molecular weight is 273 g/mol. The summed E-state index contributed by atoms with van der Waals surface area (Å²) in [6.07, 6.45) is 3.63. The summed E-state index contributed by atoms with van der Waals surface area (Å²) in [6.45, 7) is 0.226. The maximum Gasteiger partial charge on any atom is 0.227 e. The standard InChI is InChI=1S/C18H13N2O/c19-10-16-12-20(11-15-8-4-5-9-17(15)16)13-18(21)14-6-2-1-3-7-14/h1-9,11-12H,13H2/q+1. The summed E-state index contributed by atoms with van der Waals surface area (Å²) >= 11 is 0. The Bertz CT molecular complexity index is 848. The topological polar surface area (TPSA) is 44.7 Å². The third-order valence-corrected chi connectivity index (χ3v) is 3.39. The Morgan fingerprint density at radius 1 is 1.00 bits per heavy atom. The molecule has 0 amide bonds. The zero-order valence-corrected chi connectivity index (χ0v) is 11.4. The molecule has 0 aliphatic rings. The molecule has 0 aliphatic heterocycles. The molecule has 0 saturated carbocycles. The van der Waals surface area contributed by atoms with Crippen molar-refractivity contribution in [1.82, 2.24) is 0 Å². The summed E-state index contributed by atoms with van der Waals surface area (Å²) in [5, 5.41) is 11.1. The Morgan fingerprint density at radius 2 is 1.71 bits per heavy atom. The van der Waals surface area contributed by atoms with E-state index in [0.717, 1.165) is 10.8 Å². The van der Waals surface area contributed by atoms with Gasteiger partial charge in [0.05, 0.1) is 0 Å². The minimum Gasteiger partial charge on any atom is -0.287 e. The number of benzene rings is 2. The Kier molecular flexibility index (Phi) is 3.44. The number of Topliss-reactive ketones (excluding diaryl/α,β-unsaturated/α-hetero) is 1. The lowest BCUT2D eigenvalue weighted by atomic mass is 10.1. The van der Waals surface area contributed by atoms with Gasteiger partial charge in [-0.1, -0.05) is 48.5 Å². The predicted octanol–water partition coefficient (Wildman–Crippen LogP) is 2.88. The van der Waals surface area contributed by atoms with Crippen molar-refractivity contribution in [3.05, 3.63) is 78.1 Å². The first kappa shape index (κ1) is 13.0. The van der Waals surface area contributed by atoms with Gasteiger partial charge in [0.15, 0.2) is 12.4 Å². The number of hydrogen-bond acceptors (Lipinski definition) is 2. The second-order valence-corrected chi connectivity index (χ2v) is 4.83. The molecule has 0 spiro atoms. The van der Waals surface area contributed by atoms with Crippen LogP contribution in [0.1, 0.15) is 15.9 Å². The number of pyridine rings is 1. The van der Waals surface area contributed by atoms with Crippen molar-refractivity contribution in [2.75, 3.05) is 0 Å². The first-order valence-electron chi connectivity index (χ1n) is 6.68. The summed E-state index contributed by atoms with van der Waals surface area (Å²) in [7, 11) is 0. The number of aromatic nitrogens is 1. The largest absolute Gasteiger partial charge is 0.287 e. The second-order valence-electron chi connectivity index (χ2n) is 4.83. The van der Waals surface area contributed by atoms with Gasteiger partial charge in [0.1, 0.15) is 11.6 Å². The van der Waals surface area contributed by atoms with Crippen molar-refractivity contribution in [1.29, 1.82) is 5.26 Å². The lowest BCUT2D eigenvalue weighted by Crippen LogP contribution is -2.37. The normalized spacial score (nSPS) is 10.2. The summed E-state index contributed by atoms with van der Waals surface area (Å²) in [5.41, 5.74) is 1.26. The Balaban J connectivity index is 1.98. The highest BCUT2D eigenvalue weighted by Crippen LogP contribution is 2.15. The van der Waals surface area contributed by atoms with Gasteiger partial charge in [-0.15, -0.1) is 0 Å². The fourth-order valence-electron chi connectivity index (χ4n) is 2.37. The number of carbonyl (C=O) groups excluding carboxylic acids is 1. The van der Waals surface area contributed by atoms with Gasteiger partial charge in [-0.05, 0) is 6.07 Å². The average Bonchev–Trinajstić information content (AvgIpc) is 2.55. The molecule has 100 valence electrons. The number of carbonyl (C=O) groups is 1. The highest BCUT2D eigenvalue weighted by atomic mass is 16.1. The minimum absolute atomic E-state index is 0.0276. The molecule has 0 fully saturated rings. The molecule has 1 aromatic heterocycles. The maximum atomic E-state index is 12.2. The number of nitriles is 1. The zero-order chi connectivity index (χ0) is 14.7. The molecule has 3 aromatic rings.